The van der Waals surface area contributed by atoms with Crippen molar-refractivity contribution in [1.82, 2.24) is 24.6 Å². The van der Waals surface area contributed by atoms with Crippen LogP contribution in [0.1, 0.15) is 21.1 Å². The van der Waals surface area contributed by atoms with E-state index in [1.165, 1.54) is 28.0 Å². The average Bonchev–Trinajstić information content (AvgIpc) is 3.31. The molecule has 3 rings (SSSR count). The van der Waals surface area contributed by atoms with E-state index in [4.69, 9.17) is 4.42 Å². The third kappa shape index (κ3) is 4.09. The summed E-state index contributed by atoms with van der Waals surface area (Å²) >= 11 is 2.43. The standard InChI is InChI=1S/C17H20N6O3S2/c1-9-13(15(25)22(3)4)28-16(18-9)19-12(24)8-27-17-21-20-14(23(17)5)11-6-7-26-10(11)2/h6-7H,8H2,1-5H3,(H,18,19,24). The molecule has 0 aliphatic carbocycles. The first kappa shape index (κ1) is 20.1. The summed E-state index contributed by atoms with van der Waals surface area (Å²) in [6.07, 6.45) is 1.60. The smallest absolute Gasteiger partial charge is 0.265 e. The fourth-order valence-electron chi connectivity index (χ4n) is 2.43. The third-order valence-corrected chi connectivity index (χ3v) is 5.99. The van der Waals surface area contributed by atoms with Crippen molar-refractivity contribution in [3.8, 4) is 11.4 Å². The van der Waals surface area contributed by atoms with Crippen LogP contribution >= 0.6 is 23.1 Å². The van der Waals surface area contributed by atoms with E-state index in [1.807, 2.05) is 24.6 Å². The largest absolute Gasteiger partial charge is 0.469 e. The number of aryl methyl sites for hydroxylation is 2. The highest BCUT2D eigenvalue weighted by atomic mass is 32.2. The lowest BCUT2D eigenvalue weighted by atomic mass is 10.2. The van der Waals surface area contributed by atoms with Crippen molar-refractivity contribution in [1.29, 1.82) is 0 Å². The van der Waals surface area contributed by atoms with Crippen LogP contribution in [0.25, 0.3) is 11.4 Å². The van der Waals surface area contributed by atoms with Crippen molar-refractivity contribution < 1.29 is 14.0 Å². The Kier molecular flexibility index (Phi) is 5.84. The van der Waals surface area contributed by atoms with Crippen LogP contribution in [0.5, 0.6) is 0 Å². The van der Waals surface area contributed by atoms with Gasteiger partial charge in [0.15, 0.2) is 16.1 Å². The van der Waals surface area contributed by atoms with Crippen LogP contribution < -0.4 is 5.32 Å². The lowest BCUT2D eigenvalue weighted by molar-refractivity contribution is -0.113. The minimum Gasteiger partial charge on any atom is -0.469 e. The van der Waals surface area contributed by atoms with E-state index in [0.29, 0.717) is 26.7 Å². The molecule has 11 heteroatoms. The number of carbonyl (C=O) groups excluding carboxylic acids is 2. The second kappa shape index (κ2) is 8.15. The number of rotatable bonds is 6. The SMILES string of the molecule is Cc1nc(NC(=O)CSc2nnc(-c3ccoc3C)n2C)sc1C(=O)N(C)C. The van der Waals surface area contributed by atoms with E-state index >= 15 is 0 Å². The predicted molar refractivity (Wildman–Crippen MR) is 108 cm³/mol. The number of amides is 2. The maximum Gasteiger partial charge on any atom is 0.265 e. The van der Waals surface area contributed by atoms with Crippen LogP contribution in [0.3, 0.4) is 0 Å². The van der Waals surface area contributed by atoms with Gasteiger partial charge in [-0.2, -0.15) is 0 Å². The molecule has 0 bridgehead atoms. The van der Waals surface area contributed by atoms with E-state index in [0.717, 1.165) is 11.3 Å². The number of hydrogen-bond donors (Lipinski definition) is 1. The fraction of sp³-hybridized carbons (Fsp3) is 0.353. The molecule has 28 heavy (non-hydrogen) atoms. The molecule has 0 fully saturated rings. The number of furan rings is 1. The number of thioether (sulfide) groups is 1. The van der Waals surface area contributed by atoms with E-state index in [1.54, 1.807) is 27.3 Å². The second-order valence-electron chi connectivity index (χ2n) is 6.23. The molecular weight excluding hydrogens is 400 g/mol. The van der Waals surface area contributed by atoms with Gasteiger partial charge in [0, 0.05) is 21.1 Å². The van der Waals surface area contributed by atoms with Gasteiger partial charge < -0.3 is 19.2 Å². The van der Waals surface area contributed by atoms with Crippen molar-refractivity contribution >= 4 is 40.0 Å². The van der Waals surface area contributed by atoms with Gasteiger partial charge in [-0.25, -0.2) is 4.98 Å². The van der Waals surface area contributed by atoms with E-state index in [9.17, 15) is 9.59 Å². The molecule has 0 aromatic carbocycles. The Hall–Kier alpha value is -2.66. The number of nitrogens with one attached hydrogen (secondary N) is 1. The summed E-state index contributed by atoms with van der Waals surface area (Å²) in [7, 11) is 5.19. The number of nitrogens with zero attached hydrogens (tertiary/aromatic N) is 5. The Morgan fingerprint density at radius 2 is 2.07 bits per heavy atom. The molecule has 0 radical (unpaired) electrons. The zero-order chi connectivity index (χ0) is 20.4. The molecule has 0 aliphatic rings. The van der Waals surface area contributed by atoms with Crippen LogP contribution in [-0.4, -0.2) is 56.3 Å². The molecule has 148 valence electrons. The number of aromatic nitrogens is 4. The molecular formula is C17H20N6O3S2. The molecule has 0 spiro atoms. The lowest BCUT2D eigenvalue weighted by Crippen LogP contribution is -2.21. The van der Waals surface area contributed by atoms with Crippen molar-refractivity contribution in [3.05, 3.63) is 28.7 Å². The van der Waals surface area contributed by atoms with Gasteiger partial charge in [0.1, 0.15) is 10.6 Å². The maximum absolute atomic E-state index is 12.3. The molecule has 1 N–H and O–H groups in total. The van der Waals surface area contributed by atoms with Gasteiger partial charge in [0.05, 0.1) is 23.3 Å². The van der Waals surface area contributed by atoms with Crippen molar-refractivity contribution in [2.75, 3.05) is 25.2 Å². The van der Waals surface area contributed by atoms with Crippen molar-refractivity contribution in [2.24, 2.45) is 7.05 Å². The molecule has 0 saturated heterocycles. The topological polar surface area (TPSA) is 106 Å². The highest BCUT2D eigenvalue weighted by Gasteiger charge is 2.19. The lowest BCUT2D eigenvalue weighted by Gasteiger charge is -2.07. The van der Waals surface area contributed by atoms with E-state index in [-0.39, 0.29) is 17.6 Å². The van der Waals surface area contributed by atoms with Crippen molar-refractivity contribution in [2.45, 2.75) is 19.0 Å². The normalized spacial score (nSPS) is 10.9. The van der Waals surface area contributed by atoms with Crippen LogP contribution in [0.15, 0.2) is 21.9 Å². The predicted octanol–water partition coefficient (Wildman–Crippen LogP) is 2.58. The van der Waals surface area contributed by atoms with Gasteiger partial charge >= 0.3 is 0 Å². The van der Waals surface area contributed by atoms with Crippen molar-refractivity contribution in [3.63, 3.8) is 0 Å². The molecule has 3 aromatic rings. The maximum atomic E-state index is 12.3. The van der Waals surface area contributed by atoms with Gasteiger partial charge in [-0.3, -0.25) is 9.59 Å². The van der Waals surface area contributed by atoms with E-state index in [2.05, 4.69) is 20.5 Å². The van der Waals surface area contributed by atoms with Gasteiger partial charge in [-0.1, -0.05) is 23.1 Å². The minimum absolute atomic E-state index is 0.133. The number of thiazole rings is 1. The Balaban J connectivity index is 1.63. The third-order valence-electron chi connectivity index (χ3n) is 3.91. The Bertz CT molecular complexity index is 1020. The number of anilines is 1. The quantitative estimate of drug-likeness (QED) is 0.611. The van der Waals surface area contributed by atoms with Gasteiger partial charge in [-0.05, 0) is 19.9 Å². The molecule has 0 saturated carbocycles. The Labute approximate surface area is 170 Å². The van der Waals surface area contributed by atoms with Crippen LogP contribution in [0.2, 0.25) is 0 Å². The molecule has 3 aromatic heterocycles. The molecule has 0 aliphatic heterocycles. The van der Waals surface area contributed by atoms with Crippen LogP contribution in [-0.2, 0) is 11.8 Å². The molecule has 0 atom stereocenters. The van der Waals surface area contributed by atoms with Gasteiger partial charge in [0.2, 0.25) is 5.91 Å². The van der Waals surface area contributed by atoms with Gasteiger partial charge in [-0.15, -0.1) is 10.2 Å². The summed E-state index contributed by atoms with van der Waals surface area (Å²) in [5, 5.41) is 12.1. The molecule has 0 unspecified atom stereocenters. The summed E-state index contributed by atoms with van der Waals surface area (Å²) in [5.74, 6) is 1.22. The van der Waals surface area contributed by atoms with Crippen LogP contribution in [0, 0.1) is 13.8 Å². The second-order valence-corrected chi connectivity index (χ2v) is 8.17. The Morgan fingerprint density at radius 3 is 2.71 bits per heavy atom. The number of carbonyl (C=O) groups is 2. The first-order chi connectivity index (χ1) is 13.3. The monoisotopic (exact) mass is 420 g/mol. The zero-order valence-electron chi connectivity index (χ0n) is 16.1. The fourth-order valence-corrected chi connectivity index (χ4v) is 4.14. The minimum atomic E-state index is -0.230. The summed E-state index contributed by atoms with van der Waals surface area (Å²) in [4.78, 5) is 30.6. The average molecular weight is 421 g/mol. The number of hydrogen-bond acceptors (Lipinski definition) is 8. The summed E-state index contributed by atoms with van der Waals surface area (Å²) in [5.41, 5.74) is 1.46. The zero-order valence-corrected chi connectivity index (χ0v) is 17.8. The highest BCUT2D eigenvalue weighted by molar-refractivity contribution is 7.99. The van der Waals surface area contributed by atoms with Crippen LogP contribution in [0.4, 0.5) is 5.13 Å². The summed E-state index contributed by atoms with van der Waals surface area (Å²) in [6.45, 7) is 3.60. The van der Waals surface area contributed by atoms with E-state index < -0.39 is 0 Å². The first-order valence-electron chi connectivity index (χ1n) is 8.33. The molecule has 2 amide bonds. The first-order valence-corrected chi connectivity index (χ1v) is 10.1. The van der Waals surface area contributed by atoms with Gasteiger partial charge in [0.25, 0.3) is 5.91 Å². The highest BCUT2D eigenvalue weighted by Crippen LogP contribution is 2.27. The Morgan fingerprint density at radius 1 is 1.32 bits per heavy atom. The summed E-state index contributed by atoms with van der Waals surface area (Å²) in [6, 6.07) is 1.83. The molecule has 9 nitrogen and oxygen atoms in total. The summed E-state index contributed by atoms with van der Waals surface area (Å²) < 4.78 is 7.12. The molecule has 3 heterocycles.